The maximum absolute atomic E-state index is 4.52. The van der Waals surface area contributed by atoms with E-state index in [9.17, 15) is 0 Å². The summed E-state index contributed by atoms with van der Waals surface area (Å²) in [6, 6.07) is 0. The molecule has 102 valence electrons. The van der Waals surface area contributed by atoms with E-state index in [1.54, 1.807) is 0 Å². The van der Waals surface area contributed by atoms with Crippen LogP contribution in [0.5, 0.6) is 0 Å². The van der Waals surface area contributed by atoms with Gasteiger partial charge in [-0.2, -0.15) is 0 Å². The van der Waals surface area contributed by atoms with Crippen molar-refractivity contribution in [2.75, 3.05) is 0 Å². The second-order valence-electron chi connectivity index (χ2n) is 5.64. The van der Waals surface area contributed by atoms with Crippen LogP contribution in [0, 0.1) is 13.8 Å². The van der Waals surface area contributed by atoms with Crippen molar-refractivity contribution in [2.24, 2.45) is 0 Å². The zero-order chi connectivity index (χ0) is 13.6. The van der Waals surface area contributed by atoms with Crippen LogP contribution in [0.25, 0.3) is 0 Å². The smallest absolute Gasteiger partial charge is 0.125 e. The number of rotatable bonds is 7. The van der Waals surface area contributed by atoms with E-state index in [4.69, 9.17) is 0 Å². The maximum Gasteiger partial charge on any atom is 0.125 e. The minimum absolute atomic E-state index is 0.242. The van der Waals surface area contributed by atoms with Gasteiger partial charge < -0.3 is 0 Å². The van der Waals surface area contributed by atoms with Crippen LogP contribution >= 0.6 is 0 Å². The van der Waals surface area contributed by atoms with Crippen molar-refractivity contribution in [3.63, 3.8) is 0 Å². The van der Waals surface area contributed by atoms with E-state index in [-0.39, 0.29) is 5.41 Å². The molecule has 1 heterocycles. The largest absolute Gasteiger partial charge is 0.241 e. The fourth-order valence-electron chi connectivity index (χ4n) is 2.62. The number of hydrogen-bond acceptors (Lipinski definition) is 2. The summed E-state index contributed by atoms with van der Waals surface area (Å²) in [4.78, 5) is 8.91. The van der Waals surface area contributed by atoms with Gasteiger partial charge in [0.05, 0.1) is 0 Å². The Balaban J connectivity index is 2.79. The molecule has 0 saturated carbocycles. The molecule has 1 aromatic rings. The molecule has 0 spiro atoms. The molecule has 0 aliphatic heterocycles. The highest BCUT2D eigenvalue weighted by Crippen LogP contribution is 2.34. The highest BCUT2D eigenvalue weighted by Gasteiger charge is 2.26. The fourth-order valence-corrected chi connectivity index (χ4v) is 2.62. The summed E-state index contributed by atoms with van der Waals surface area (Å²) in [6.45, 7) is 11.0. The van der Waals surface area contributed by atoms with Gasteiger partial charge in [-0.3, -0.25) is 0 Å². The van der Waals surface area contributed by atoms with Crippen LogP contribution in [0.1, 0.15) is 76.4 Å². The van der Waals surface area contributed by atoms with Gasteiger partial charge in [0.1, 0.15) is 5.82 Å². The van der Waals surface area contributed by atoms with Crippen LogP contribution in [-0.2, 0) is 5.41 Å². The first-order valence-electron chi connectivity index (χ1n) is 7.34. The molecular weight excluding hydrogens is 220 g/mol. The van der Waals surface area contributed by atoms with Gasteiger partial charge in [-0.15, -0.1) is 0 Å². The Labute approximate surface area is 112 Å². The van der Waals surface area contributed by atoms with Crippen LogP contribution in [0.4, 0.5) is 0 Å². The number of hydrogen-bond donors (Lipinski definition) is 0. The predicted octanol–water partition coefficient (Wildman–Crippen LogP) is 4.73. The summed E-state index contributed by atoms with van der Waals surface area (Å²) in [5.41, 5.74) is 2.74. The van der Waals surface area contributed by atoms with E-state index in [1.807, 2.05) is 13.1 Å². The van der Waals surface area contributed by atoms with Crippen LogP contribution in [-0.4, -0.2) is 9.97 Å². The summed E-state index contributed by atoms with van der Waals surface area (Å²) in [5.74, 6) is 0.876. The first kappa shape index (κ1) is 15.1. The Hall–Kier alpha value is -0.920. The van der Waals surface area contributed by atoms with Gasteiger partial charge in [-0.1, -0.05) is 46.5 Å². The summed E-state index contributed by atoms with van der Waals surface area (Å²) in [7, 11) is 0. The molecular formula is C16H28N2. The van der Waals surface area contributed by atoms with E-state index < -0.39 is 0 Å². The lowest BCUT2D eigenvalue weighted by molar-refractivity contribution is 0.391. The second-order valence-corrected chi connectivity index (χ2v) is 5.64. The van der Waals surface area contributed by atoms with E-state index in [0.717, 1.165) is 17.9 Å². The van der Waals surface area contributed by atoms with Crippen molar-refractivity contribution in [2.45, 2.75) is 78.6 Å². The molecule has 1 aromatic heterocycles. The van der Waals surface area contributed by atoms with Crippen LogP contribution in [0.3, 0.4) is 0 Å². The summed E-state index contributed by atoms with van der Waals surface area (Å²) < 4.78 is 0. The Morgan fingerprint density at radius 3 is 2.39 bits per heavy atom. The standard InChI is InChI=1S/C16H28N2/c1-6-8-9-10-11-16(5,7-2)15-12-17-14(4)18-13(15)3/h12H,6-11H2,1-5H3. The lowest BCUT2D eigenvalue weighted by Gasteiger charge is -2.30. The lowest BCUT2D eigenvalue weighted by Crippen LogP contribution is -2.23. The number of aromatic nitrogens is 2. The molecule has 0 bridgehead atoms. The van der Waals surface area contributed by atoms with Crippen molar-refractivity contribution in [3.05, 3.63) is 23.3 Å². The fraction of sp³-hybridized carbons (Fsp3) is 0.750. The molecule has 1 unspecified atom stereocenters. The Bertz CT molecular complexity index is 373. The SMILES string of the molecule is CCCCCCC(C)(CC)c1cnc(C)nc1C. The van der Waals surface area contributed by atoms with Crippen molar-refractivity contribution < 1.29 is 0 Å². The molecule has 0 fully saturated rings. The Kier molecular flexibility index (Phi) is 5.77. The molecule has 2 heteroatoms. The second kappa shape index (κ2) is 6.86. The molecule has 0 saturated heterocycles. The summed E-state index contributed by atoms with van der Waals surface area (Å²) in [6.07, 6.45) is 9.76. The quantitative estimate of drug-likeness (QED) is 0.652. The third-order valence-corrected chi connectivity index (χ3v) is 4.11. The third kappa shape index (κ3) is 3.79. The highest BCUT2D eigenvalue weighted by atomic mass is 14.9. The van der Waals surface area contributed by atoms with Gasteiger partial charge in [0.2, 0.25) is 0 Å². The monoisotopic (exact) mass is 248 g/mol. The van der Waals surface area contributed by atoms with Crippen molar-refractivity contribution in [1.29, 1.82) is 0 Å². The molecule has 0 aliphatic rings. The molecule has 2 nitrogen and oxygen atoms in total. The highest BCUT2D eigenvalue weighted by molar-refractivity contribution is 5.25. The van der Waals surface area contributed by atoms with Crippen molar-refractivity contribution in [3.8, 4) is 0 Å². The zero-order valence-corrected chi connectivity index (χ0v) is 12.7. The minimum Gasteiger partial charge on any atom is -0.241 e. The third-order valence-electron chi connectivity index (χ3n) is 4.11. The summed E-state index contributed by atoms with van der Waals surface area (Å²) in [5, 5.41) is 0. The molecule has 0 aliphatic carbocycles. The molecule has 1 rings (SSSR count). The molecule has 0 N–H and O–H groups in total. The zero-order valence-electron chi connectivity index (χ0n) is 12.7. The van der Waals surface area contributed by atoms with Crippen LogP contribution in [0.2, 0.25) is 0 Å². The van der Waals surface area contributed by atoms with Gasteiger partial charge in [-0.05, 0) is 37.7 Å². The van der Waals surface area contributed by atoms with Gasteiger partial charge >= 0.3 is 0 Å². The van der Waals surface area contributed by atoms with Crippen LogP contribution in [0.15, 0.2) is 6.20 Å². The lowest BCUT2D eigenvalue weighted by atomic mass is 9.76. The predicted molar refractivity (Wildman–Crippen MR) is 77.9 cm³/mol. The van der Waals surface area contributed by atoms with E-state index in [1.165, 1.54) is 37.7 Å². The number of aryl methyl sites for hydroxylation is 2. The van der Waals surface area contributed by atoms with Crippen molar-refractivity contribution in [1.82, 2.24) is 9.97 Å². The van der Waals surface area contributed by atoms with Gasteiger partial charge in [0.25, 0.3) is 0 Å². The van der Waals surface area contributed by atoms with E-state index in [2.05, 4.69) is 37.7 Å². The average Bonchev–Trinajstić information content (AvgIpc) is 2.34. The first-order valence-corrected chi connectivity index (χ1v) is 7.34. The first-order chi connectivity index (χ1) is 8.53. The maximum atomic E-state index is 4.52. The van der Waals surface area contributed by atoms with E-state index >= 15 is 0 Å². The average molecular weight is 248 g/mol. The summed E-state index contributed by atoms with van der Waals surface area (Å²) >= 11 is 0. The topological polar surface area (TPSA) is 25.8 Å². The molecule has 1 atom stereocenters. The number of unbranched alkanes of at least 4 members (excludes halogenated alkanes) is 3. The molecule has 0 aromatic carbocycles. The molecule has 0 radical (unpaired) electrons. The number of nitrogens with zero attached hydrogens (tertiary/aromatic N) is 2. The molecule has 18 heavy (non-hydrogen) atoms. The van der Waals surface area contributed by atoms with E-state index in [0.29, 0.717) is 0 Å². The Morgan fingerprint density at radius 1 is 1.11 bits per heavy atom. The van der Waals surface area contributed by atoms with Gasteiger partial charge in [-0.25, -0.2) is 9.97 Å². The van der Waals surface area contributed by atoms with Crippen LogP contribution < -0.4 is 0 Å². The normalized spacial score (nSPS) is 14.5. The molecule has 0 amide bonds. The van der Waals surface area contributed by atoms with Gasteiger partial charge in [0, 0.05) is 11.9 Å². The Morgan fingerprint density at radius 2 is 1.83 bits per heavy atom. The van der Waals surface area contributed by atoms with Gasteiger partial charge in [0.15, 0.2) is 0 Å². The minimum atomic E-state index is 0.242. The van der Waals surface area contributed by atoms with Crippen molar-refractivity contribution >= 4 is 0 Å².